The van der Waals surface area contributed by atoms with Gasteiger partial charge in [-0.15, -0.1) is 0 Å². The van der Waals surface area contributed by atoms with Crippen molar-refractivity contribution >= 4 is 11.5 Å². The predicted molar refractivity (Wildman–Crippen MR) is 82.3 cm³/mol. The van der Waals surface area contributed by atoms with Crippen molar-refractivity contribution in [3.63, 3.8) is 0 Å². The van der Waals surface area contributed by atoms with Gasteiger partial charge in [0.25, 0.3) is 0 Å². The molecule has 0 aliphatic carbocycles. The van der Waals surface area contributed by atoms with Gasteiger partial charge in [-0.25, -0.2) is 4.79 Å². The van der Waals surface area contributed by atoms with Gasteiger partial charge in [0, 0.05) is 6.54 Å². The number of ether oxygens (including phenoxy) is 1. The second kappa shape index (κ2) is 5.83. The van der Waals surface area contributed by atoms with Crippen LogP contribution in [-0.4, -0.2) is 12.6 Å². The van der Waals surface area contributed by atoms with Gasteiger partial charge in [0.2, 0.25) is 0 Å². The molecule has 1 aliphatic heterocycles. The molecule has 3 rings (SSSR count). The zero-order chi connectivity index (χ0) is 14.7. The lowest BCUT2D eigenvalue weighted by Crippen LogP contribution is -2.15. The molecule has 1 N–H and O–H groups in total. The molecule has 21 heavy (non-hydrogen) atoms. The average molecular weight is 279 g/mol. The van der Waals surface area contributed by atoms with Crippen LogP contribution < -0.4 is 5.32 Å². The number of hydrogen-bond donors (Lipinski definition) is 1. The molecule has 0 unspecified atom stereocenters. The molecule has 2 aromatic carbocycles. The van der Waals surface area contributed by atoms with Crippen molar-refractivity contribution in [3.05, 3.63) is 77.0 Å². The number of carbonyl (C=O) groups excluding carboxylic acids is 1. The van der Waals surface area contributed by atoms with E-state index in [1.54, 1.807) is 0 Å². The van der Waals surface area contributed by atoms with E-state index in [-0.39, 0.29) is 5.97 Å². The summed E-state index contributed by atoms with van der Waals surface area (Å²) in [5.41, 5.74) is 4.81. The number of benzene rings is 2. The molecule has 0 bridgehead atoms. The number of carbonyl (C=O) groups is 1. The molecule has 0 atom stereocenters. The highest BCUT2D eigenvalue weighted by Crippen LogP contribution is 2.24. The van der Waals surface area contributed by atoms with Gasteiger partial charge in [-0.3, -0.25) is 0 Å². The Morgan fingerprint density at radius 3 is 2.67 bits per heavy atom. The van der Waals surface area contributed by atoms with Crippen LogP contribution >= 0.6 is 0 Å². The summed E-state index contributed by atoms with van der Waals surface area (Å²) in [5, 5.41) is 3.34. The summed E-state index contributed by atoms with van der Waals surface area (Å²) in [6.45, 7) is 3.07. The van der Waals surface area contributed by atoms with E-state index in [2.05, 4.69) is 30.4 Å². The number of nitrogens with one attached hydrogen (secondary N) is 1. The van der Waals surface area contributed by atoms with Crippen molar-refractivity contribution in [1.29, 1.82) is 0 Å². The third kappa shape index (κ3) is 2.97. The van der Waals surface area contributed by atoms with E-state index < -0.39 is 0 Å². The van der Waals surface area contributed by atoms with E-state index >= 15 is 0 Å². The molecule has 0 saturated carbocycles. The maximum atomic E-state index is 11.9. The standard InChI is InChI=1S/C18H17NO2/c1-13-6-5-7-14(10-13)11-19-16-12-21-18(20)17(16)15-8-3-2-4-9-15/h2-10,19H,11-12H2,1H3. The molecule has 0 radical (unpaired) electrons. The van der Waals surface area contributed by atoms with Crippen LogP contribution in [0.2, 0.25) is 0 Å². The molecule has 1 aliphatic rings. The Balaban J connectivity index is 1.82. The molecule has 0 saturated heterocycles. The van der Waals surface area contributed by atoms with Gasteiger partial charge < -0.3 is 10.1 Å². The zero-order valence-electron chi connectivity index (χ0n) is 11.9. The second-order valence-electron chi connectivity index (χ2n) is 5.14. The van der Waals surface area contributed by atoms with Gasteiger partial charge >= 0.3 is 5.97 Å². The summed E-state index contributed by atoms with van der Waals surface area (Å²) < 4.78 is 5.17. The first kappa shape index (κ1) is 13.4. The second-order valence-corrected chi connectivity index (χ2v) is 5.14. The number of cyclic esters (lactones) is 1. The maximum absolute atomic E-state index is 11.9. The van der Waals surface area contributed by atoms with Gasteiger partial charge in [-0.2, -0.15) is 0 Å². The maximum Gasteiger partial charge on any atom is 0.341 e. The van der Waals surface area contributed by atoms with Crippen LogP contribution in [0.15, 0.2) is 60.3 Å². The average Bonchev–Trinajstić information content (AvgIpc) is 2.87. The first-order valence-electron chi connectivity index (χ1n) is 6.99. The third-order valence-electron chi connectivity index (χ3n) is 3.50. The summed E-state index contributed by atoms with van der Waals surface area (Å²) in [5.74, 6) is -0.257. The van der Waals surface area contributed by atoms with E-state index in [0.717, 1.165) is 11.3 Å². The molecule has 0 amide bonds. The smallest absolute Gasteiger partial charge is 0.341 e. The lowest BCUT2D eigenvalue weighted by molar-refractivity contribution is -0.134. The van der Waals surface area contributed by atoms with Crippen molar-refractivity contribution < 1.29 is 9.53 Å². The SMILES string of the molecule is Cc1cccc(CNC2=C(c3ccccc3)C(=O)OC2)c1. The summed E-state index contributed by atoms with van der Waals surface area (Å²) in [4.78, 5) is 11.9. The molecule has 2 aromatic rings. The van der Waals surface area contributed by atoms with Crippen LogP contribution in [0.4, 0.5) is 0 Å². The highest BCUT2D eigenvalue weighted by Gasteiger charge is 2.25. The summed E-state index contributed by atoms with van der Waals surface area (Å²) >= 11 is 0. The Morgan fingerprint density at radius 2 is 1.90 bits per heavy atom. The Kier molecular flexibility index (Phi) is 3.73. The minimum atomic E-state index is -0.257. The number of aryl methyl sites for hydroxylation is 1. The fourth-order valence-electron chi connectivity index (χ4n) is 2.47. The topological polar surface area (TPSA) is 38.3 Å². The highest BCUT2D eigenvalue weighted by molar-refractivity contribution is 6.19. The summed E-state index contributed by atoms with van der Waals surface area (Å²) in [6, 6.07) is 17.9. The van der Waals surface area contributed by atoms with Crippen molar-refractivity contribution in [3.8, 4) is 0 Å². The Hall–Kier alpha value is -2.55. The predicted octanol–water partition coefficient (Wildman–Crippen LogP) is 3.05. The van der Waals surface area contributed by atoms with E-state index in [0.29, 0.717) is 18.7 Å². The van der Waals surface area contributed by atoms with Crippen LogP contribution in [0.3, 0.4) is 0 Å². The fourth-order valence-corrected chi connectivity index (χ4v) is 2.47. The normalized spacial score (nSPS) is 14.2. The van der Waals surface area contributed by atoms with Crippen LogP contribution in [0.5, 0.6) is 0 Å². The summed E-state index contributed by atoms with van der Waals surface area (Å²) in [6.07, 6.45) is 0. The molecule has 0 fully saturated rings. The van der Waals surface area contributed by atoms with Crippen molar-refractivity contribution in [2.45, 2.75) is 13.5 Å². The van der Waals surface area contributed by atoms with Crippen molar-refractivity contribution in [1.82, 2.24) is 5.32 Å². The largest absolute Gasteiger partial charge is 0.456 e. The fraction of sp³-hybridized carbons (Fsp3) is 0.167. The highest BCUT2D eigenvalue weighted by atomic mass is 16.5. The van der Waals surface area contributed by atoms with Gasteiger partial charge in [-0.1, -0.05) is 60.2 Å². The number of hydrogen-bond acceptors (Lipinski definition) is 3. The van der Waals surface area contributed by atoms with Gasteiger partial charge in [0.05, 0.1) is 11.3 Å². The van der Waals surface area contributed by atoms with Gasteiger partial charge in [0.1, 0.15) is 6.61 Å². The minimum absolute atomic E-state index is 0.257. The molecule has 106 valence electrons. The summed E-state index contributed by atoms with van der Waals surface area (Å²) in [7, 11) is 0. The minimum Gasteiger partial charge on any atom is -0.456 e. The van der Waals surface area contributed by atoms with Crippen LogP contribution in [0.1, 0.15) is 16.7 Å². The molecule has 3 heteroatoms. The van der Waals surface area contributed by atoms with Crippen molar-refractivity contribution in [2.75, 3.05) is 6.61 Å². The number of esters is 1. The lowest BCUT2D eigenvalue weighted by Gasteiger charge is -2.08. The quantitative estimate of drug-likeness (QED) is 0.874. The molecule has 0 spiro atoms. The first-order valence-corrected chi connectivity index (χ1v) is 6.99. The van der Waals surface area contributed by atoms with E-state index in [1.807, 2.05) is 36.4 Å². The first-order chi connectivity index (χ1) is 10.2. The van der Waals surface area contributed by atoms with Crippen molar-refractivity contribution in [2.24, 2.45) is 0 Å². The van der Waals surface area contributed by atoms with E-state index in [9.17, 15) is 4.79 Å². The molecular weight excluding hydrogens is 262 g/mol. The third-order valence-corrected chi connectivity index (χ3v) is 3.50. The Labute approximate surface area is 124 Å². The van der Waals surface area contributed by atoms with E-state index in [1.165, 1.54) is 11.1 Å². The van der Waals surface area contributed by atoms with Gasteiger partial charge in [0.15, 0.2) is 0 Å². The molecule has 3 nitrogen and oxygen atoms in total. The monoisotopic (exact) mass is 279 g/mol. The van der Waals surface area contributed by atoms with Crippen LogP contribution in [-0.2, 0) is 16.1 Å². The Bertz CT molecular complexity index is 689. The van der Waals surface area contributed by atoms with Crippen LogP contribution in [0.25, 0.3) is 5.57 Å². The van der Waals surface area contributed by atoms with E-state index in [4.69, 9.17) is 4.74 Å². The van der Waals surface area contributed by atoms with Gasteiger partial charge in [-0.05, 0) is 18.1 Å². The molecule has 1 heterocycles. The number of rotatable bonds is 4. The molecule has 0 aromatic heterocycles. The van der Waals surface area contributed by atoms with Crippen LogP contribution in [0, 0.1) is 6.92 Å². The lowest BCUT2D eigenvalue weighted by atomic mass is 10.1. The zero-order valence-corrected chi connectivity index (χ0v) is 11.9. The Morgan fingerprint density at radius 1 is 1.10 bits per heavy atom. The molecular formula is C18H17NO2.